The Morgan fingerprint density at radius 3 is 2.80 bits per heavy atom. The Morgan fingerprint density at radius 1 is 1.50 bits per heavy atom. The van der Waals surface area contributed by atoms with Crippen LogP contribution in [0.2, 0.25) is 0 Å². The Kier molecular flexibility index (Phi) is 3.58. The Balaban J connectivity index is 2.18. The summed E-state index contributed by atoms with van der Waals surface area (Å²) >= 11 is 0. The number of hydrogen-bond acceptors (Lipinski definition) is 4. The van der Waals surface area contributed by atoms with E-state index in [0.29, 0.717) is 17.9 Å². The van der Waals surface area contributed by atoms with Gasteiger partial charge in [-0.15, -0.1) is 0 Å². The minimum Gasteiger partial charge on any atom is -0.491 e. The van der Waals surface area contributed by atoms with Crippen molar-refractivity contribution in [3.8, 4) is 11.8 Å². The van der Waals surface area contributed by atoms with Crippen LogP contribution in [0.25, 0.3) is 0 Å². The van der Waals surface area contributed by atoms with Gasteiger partial charge in [-0.3, -0.25) is 0 Å². The van der Waals surface area contributed by atoms with Crippen LogP contribution in [0.3, 0.4) is 0 Å². The minimum absolute atomic E-state index is 0.187. The molecule has 0 fully saturated rings. The largest absolute Gasteiger partial charge is 0.491 e. The van der Waals surface area contributed by atoms with Crippen molar-refractivity contribution >= 4 is 6.09 Å². The molecule has 0 N–H and O–H groups in total. The maximum atomic E-state index is 12.1. The van der Waals surface area contributed by atoms with E-state index in [1.807, 2.05) is 26.8 Å². The molecule has 20 heavy (non-hydrogen) atoms. The van der Waals surface area contributed by atoms with Crippen LogP contribution in [0.15, 0.2) is 18.2 Å². The molecule has 1 aliphatic heterocycles. The highest BCUT2D eigenvalue weighted by molar-refractivity contribution is 5.69. The van der Waals surface area contributed by atoms with E-state index in [4.69, 9.17) is 14.7 Å². The van der Waals surface area contributed by atoms with Crippen molar-refractivity contribution in [2.45, 2.75) is 32.4 Å². The lowest BCUT2D eigenvalue weighted by Gasteiger charge is -2.27. The molecule has 0 saturated carbocycles. The number of benzene rings is 1. The molecule has 106 valence electrons. The first-order valence-corrected chi connectivity index (χ1v) is 6.44. The van der Waals surface area contributed by atoms with Crippen molar-refractivity contribution in [2.24, 2.45) is 0 Å². The van der Waals surface area contributed by atoms with Crippen molar-refractivity contribution in [1.82, 2.24) is 4.90 Å². The number of nitriles is 1. The van der Waals surface area contributed by atoms with Gasteiger partial charge in [0.1, 0.15) is 18.0 Å². The van der Waals surface area contributed by atoms with E-state index in [1.54, 1.807) is 19.2 Å². The number of fused-ring (bicyclic) bond motifs is 1. The Morgan fingerprint density at radius 2 is 2.20 bits per heavy atom. The summed E-state index contributed by atoms with van der Waals surface area (Å²) in [4.78, 5) is 13.6. The lowest BCUT2D eigenvalue weighted by atomic mass is 10.1. The molecular weight excluding hydrogens is 256 g/mol. The molecule has 0 spiro atoms. The van der Waals surface area contributed by atoms with Gasteiger partial charge >= 0.3 is 6.09 Å². The summed E-state index contributed by atoms with van der Waals surface area (Å²) in [6.07, 6.45) is -0.386. The van der Waals surface area contributed by atoms with Crippen molar-refractivity contribution in [1.29, 1.82) is 5.26 Å². The number of rotatable bonds is 1. The average Bonchev–Trinajstić information content (AvgIpc) is 2.78. The molecule has 5 heteroatoms. The summed E-state index contributed by atoms with van der Waals surface area (Å²) in [5.41, 5.74) is 0.917. The summed E-state index contributed by atoms with van der Waals surface area (Å²) in [6, 6.07) is 7.13. The third-order valence-electron chi connectivity index (χ3n) is 3.05. The Bertz CT molecular complexity index is 569. The van der Waals surface area contributed by atoms with E-state index < -0.39 is 5.60 Å². The number of carbonyl (C=O) groups is 1. The molecule has 1 atom stereocenters. The number of likely N-dealkylation sites (N-methyl/N-ethyl adjacent to an activating group) is 1. The lowest BCUT2D eigenvalue weighted by molar-refractivity contribution is 0.0201. The van der Waals surface area contributed by atoms with E-state index in [0.717, 1.165) is 5.56 Å². The molecule has 0 radical (unpaired) electrons. The summed E-state index contributed by atoms with van der Waals surface area (Å²) < 4.78 is 10.9. The first-order chi connectivity index (χ1) is 9.31. The fourth-order valence-electron chi connectivity index (χ4n) is 2.04. The topological polar surface area (TPSA) is 62.6 Å². The molecule has 1 aromatic carbocycles. The van der Waals surface area contributed by atoms with Gasteiger partial charge in [0.25, 0.3) is 0 Å². The molecule has 1 aromatic rings. The minimum atomic E-state index is -0.529. The third-order valence-corrected chi connectivity index (χ3v) is 3.05. The zero-order valence-electron chi connectivity index (χ0n) is 12.1. The van der Waals surface area contributed by atoms with E-state index in [9.17, 15) is 4.79 Å². The summed E-state index contributed by atoms with van der Waals surface area (Å²) in [7, 11) is 1.69. The van der Waals surface area contributed by atoms with Gasteiger partial charge in [-0.1, -0.05) is 6.07 Å². The van der Waals surface area contributed by atoms with Gasteiger partial charge in [-0.25, -0.2) is 4.79 Å². The van der Waals surface area contributed by atoms with Gasteiger partial charge < -0.3 is 14.4 Å². The number of carbonyl (C=O) groups excluding carboxylic acids is 1. The fraction of sp³-hybridized carbons (Fsp3) is 0.467. The van der Waals surface area contributed by atoms with Crippen LogP contribution in [0.1, 0.15) is 37.9 Å². The van der Waals surface area contributed by atoms with Crippen molar-refractivity contribution in [2.75, 3.05) is 13.7 Å². The van der Waals surface area contributed by atoms with E-state index in [1.165, 1.54) is 4.90 Å². The second-order valence-electron chi connectivity index (χ2n) is 5.78. The van der Waals surface area contributed by atoms with Crippen molar-refractivity contribution in [3.63, 3.8) is 0 Å². The average molecular weight is 274 g/mol. The first kappa shape index (κ1) is 14.2. The highest BCUT2D eigenvalue weighted by Gasteiger charge is 2.32. The maximum absolute atomic E-state index is 12.1. The fourth-order valence-corrected chi connectivity index (χ4v) is 2.04. The summed E-state index contributed by atoms with van der Waals surface area (Å²) in [5, 5.41) is 8.87. The second kappa shape index (κ2) is 5.04. The predicted molar refractivity (Wildman–Crippen MR) is 73.4 cm³/mol. The van der Waals surface area contributed by atoms with Gasteiger partial charge in [0.05, 0.1) is 17.7 Å². The first-order valence-electron chi connectivity index (χ1n) is 6.44. The van der Waals surface area contributed by atoms with Gasteiger partial charge in [0, 0.05) is 12.6 Å². The van der Waals surface area contributed by atoms with Crippen LogP contribution in [0.5, 0.6) is 5.75 Å². The smallest absolute Gasteiger partial charge is 0.410 e. The van der Waals surface area contributed by atoms with Gasteiger partial charge in [0.15, 0.2) is 0 Å². The van der Waals surface area contributed by atoms with Crippen molar-refractivity contribution in [3.05, 3.63) is 29.3 Å². The number of nitrogens with zero attached hydrogens (tertiary/aromatic N) is 2. The molecule has 5 nitrogen and oxygen atoms in total. The second-order valence-corrected chi connectivity index (χ2v) is 5.78. The number of hydrogen-bond donors (Lipinski definition) is 0. The van der Waals surface area contributed by atoms with Gasteiger partial charge in [-0.05, 0) is 32.9 Å². The van der Waals surface area contributed by atoms with Crippen LogP contribution >= 0.6 is 0 Å². The van der Waals surface area contributed by atoms with E-state index >= 15 is 0 Å². The molecule has 2 rings (SSSR count). The van der Waals surface area contributed by atoms with Crippen LogP contribution in [0.4, 0.5) is 4.79 Å². The van der Waals surface area contributed by atoms with Crippen LogP contribution < -0.4 is 4.74 Å². The van der Waals surface area contributed by atoms with Crippen LogP contribution in [0, 0.1) is 11.3 Å². The van der Waals surface area contributed by atoms with Gasteiger partial charge in [0.2, 0.25) is 0 Å². The zero-order valence-corrected chi connectivity index (χ0v) is 12.1. The quantitative estimate of drug-likeness (QED) is 0.790. The third kappa shape index (κ3) is 2.85. The molecule has 1 aliphatic rings. The summed E-state index contributed by atoms with van der Waals surface area (Å²) in [6.45, 7) is 5.87. The Hall–Kier alpha value is -2.22. The molecule has 0 saturated heterocycles. The number of ether oxygens (including phenoxy) is 2. The molecule has 1 heterocycles. The predicted octanol–water partition coefficient (Wildman–Crippen LogP) is 2.86. The van der Waals surface area contributed by atoms with E-state index in [-0.39, 0.29) is 12.1 Å². The molecule has 0 aliphatic carbocycles. The molecule has 0 bridgehead atoms. The van der Waals surface area contributed by atoms with Crippen molar-refractivity contribution < 1.29 is 14.3 Å². The normalized spacial score (nSPS) is 16.9. The maximum Gasteiger partial charge on any atom is 0.410 e. The highest BCUT2D eigenvalue weighted by Crippen LogP contribution is 2.36. The zero-order chi connectivity index (χ0) is 14.9. The highest BCUT2D eigenvalue weighted by atomic mass is 16.6. The molecular formula is C15H18N2O3. The standard InChI is InChI=1S/C15H18N2O3/c1-15(2,3)20-14(18)17(4)12-9-19-13-7-10(8-16)5-6-11(12)13/h5-7,12H,9H2,1-4H3/t12-/m1/s1. The van der Waals surface area contributed by atoms with Gasteiger partial charge in [-0.2, -0.15) is 5.26 Å². The number of amides is 1. The van der Waals surface area contributed by atoms with Crippen LogP contribution in [-0.4, -0.2) is 30.2 Å². The summed E-state index contributed by atoms with van der Waals surface area (Å²) in [5.74, 6) is 0.657. The lowest BCUT2D eigenvalue weighted by Crippen LogP contribution is -2.37. The monoisotopic (exact) mass is 274 g/mol. The Labute approximate surface area is 118 Å². The SMILES string of the molecule is CN(C(=O)OC(C)(C)C)[C@@H]1COc2cc(C#N)ccc21. The van der Waals surface area contributed by atoms with Crippen LogP contribution in [-0.2, 0) is 4.74 Å². The molecule has 0 unspecified atom stereocenters. The van der Waals surface area contributed by atoms with E-state index in [2.05, 4.69) is 6.07 Å². The molecule has 1 amide bonds. The molecule has 0 aromatic heterocycles.